The molecule has 112 valence electrons. The van der Waals surface area contributed by atoms with E-state index in [1.807, 2.05) is 38.1 Å². The van der Waals surface area contributed by atoms with E-state index in [1.165, 1.54) is 7.11 Å². The minimum Gasteiger partial charge on any atom is -0.491 e. The van der Waals surface area contributed by atoms with Gasteiger partial charge in [0.05, 0.1) is 12.7 Å². The Morgan fingerprint density at radius 3 is 2.70 bits per heavy atom. The van der Waals surface area contributed by atoms with Crippen molar-refractivity contribution in [1.29, 1.82) is 0 Å². The van der Waals surface area contributed by atoms with E-state index in [9.17, 15) is 4.79 Å². The Balaban J connectivity index is 2.65. The molecule has 5 heteroatoms. The molecule has 0 heterocycles. The molecule has 0 bridgehead atoms. The van der Waals surface area contributed by atoms with Crippen molar-refractivity contribution in [1.82, 2.24) is 4.90 Å². The summed E-state index contributed by atoms with van der Waals surface area (Å²) in [7, 11) is 3.26. The lowest BCUT2D eigenvalue weighted by atomic mass is 10.2. The van der Waals surface area contributed by atoms with Gasteiger partial charge in [0.1, 0.15) is 11.8 Å². The molecule has 0 saturated carbocycles. The molecular formula is C15H24N2O3. The molecule has 0 fully saturated rings. The van der Waals surface area contributed by atoms with E-state index in [0.717, 1.165) is 11.3 Å². The molecule has 1 atom stereocenters. The molecule has 2 N–H and O–H groups in total. The maximum Gasteiger partial charge on any atom is 0.241 e. The van der Waals surface area contributed by atoms with Crippen LogP contribution in [0.15, 0.2) is 24.3 Å². The number of carbonyl (C=O) groups is 1. The molecule has 20 heavy (non-hydrogen) atoms. The maximum atomic E-state index is 12.0. The van der Waals surface area contributed by atoms with Crippen LogP contribution in [0.3, 0.4) is 0 Å². The normalized spacial score (nSPS) is 12.3. The number of hydrogen-bond acceptors (Lipinski definition) is 4. The number of methoxy groups -OCH3 is 1. The van der Waals surface area contributed by atoms with Crippen LogP contribution in [0.25, 0.3) is 0 Å². The number of nitrogens with zero attached hydrogens (tertiary/aromatic N) is 1. The number of ether oxygens (including phenoxy) is 2. The van der Waals surface area contributed by atoms with Crippen LogP contribution >= 0.6 is 0 Å². The molecule has 0 aromatic heterocycles. The summed E-state index contributed by atoms with van der Waals surface area (Å²) in [6, 6.07) is 7.09. The SMILES string of the molecule is COCC(N)C(=O)N(C)Cc1cccc(OC(C)C)c1. The minimum absolute atomic E-state index is 0.125. The second kappa shape index (κ2) is 7.87. The van der Waals surface area contributed by atoms with Crippen LogP contribution < -0.4 is 10.5 Å². The molecule has 0 spiro atoms. The van der Waals surface area contributed by atoms with Gasteiger partial charge in [-0.3, -0.25) is 4.79 Å². The Morgan fingerprint density at radius 1 is 1.40 bits per heavy atom. The summed E-state index contributed by atoms with van der Waals surface area (Å²) in [5.74, 6) is 0.668. The number of likely N-dealkylation sites (N-methyl/N-ethyl adjacent to an activating group) is 1. The molecule has 0 aliphatic carbocycles. The molecule has 0 aliphatic heterocycles. The Labute approximate surface area is 120 Å². The van der Waals surface area contributed by atoms with Gasteiger partial charge in [0.2, 0.25) is 5.91 Å². The van der Waals surface area contributed by atoms with Crippen LogP contribution in [0, 0.1) is 0 Å². The molecule has 0 aliphatic rings. The van der Waals surface area contributed by atoms with Crippen molar-refractivity contribution in [3.8, 4) is 5.75 Å². The molecule has 1 aromatic carbocycles. The number of hydrogen-bond donors (Lipinski definition) is 1. The molecule has 0 radical (unpaired) electrons. The molecular weight excluding hydrogens is 256 g/mol. The van der Waals surface area contributed by atoms with Gasteiger partial charge in [0.15, 0.2) is 0 Å². The highest BCUT2D eigenvalue weighted by Gasteiger charge is 2.18. The molecule has 1 aromatic rings. The Bertz CT molecular complexity index is 435. The van der Waals surface area contributed by atoms with Gasteiger partial charge in [0, 0.05) is 20.7 Å². The smallest absolute Gasteiger partial charge is 0.241 e. The van der Waals surface area contributed by atoms with Gasteiger partial charge in [-0.15, -0.1) is 0 Å². The van der Waals surface area contributed by atoms with Crippen molar-refractivity contribution in [2.75, 3.05) is 20.8 Å². The topological polar surface area (TPSA) is 64.8 Å². The Hall–Kier alpha value is -1.59. The predicted octanol–water partition coefficient (Wildman–Crippen LogP) is 1.41. The van der Waals surface area contributed by atoms with Crippen LogP contribution in [-0.2, 0) is 16.1 Å². The first-order valence-electron chi connectivity index (χ1n) is 6.69. The standard InChI is InChI=1S/C15H24N2O3/c1-11(2)20-13-7-5-6-12(8-13)9-17(3)15(18)14(16)10-19-4/h5-8,11,14H,9-10,16H2,1-4H3. The highest BCUT2D eigenvalue weighted by molar-refractivity contribution is 5.81. The monoisotopic (exact) mass is 280 g/mol. The summed E-state index contributed by atoms with van der Waals surface area (Å²) in [6.45, 7) is 4.67. The van der Waals surface area contributed by atoms with Gasteiger partial charge in [0.25, 0.3) is 0 Å². The summed E-state index contributed by atoms with van der Waals surface area (Å²) in [4.78, 5) is 13.6. The van der Waals surface area contributed by atoms with Gasteiger partial charge in [-0.1, -0.05) is 12.1 Å². The van der Waals surface area contributed by atoms with E-state index < -0.39 is 6.04 Å². The largest absolute Gasteiger partial charge is 0.491 e. The van der Waals surface area contributed by atoms with Crippen molar-refractivity contribution in [2.24, 2.45) is 5.73 Å². The van der Waals surface area contributed by atoms with Crippen LogP contribution in [-0.4, -0.2) is 43.7 Å². The van der Waals surface area contributed by atoms with Crippen molar-refractivity contribution in [3.05, 3.63) is 29.8 Å². The second-order valence-electron chi connectivity index (χ2n) is 5.07. The van der Waals surface area contributed by atoms with Gasteiger partial charge in [-0.25, -0.2) is 0 Å². The number of carbonyl (C=O) groups excluding carboxylic acids is 1. The van der Waals surface area contributed by atoms with Crippen LogP contribution in [0.2, 0.25) is 0 Å². The average Bonchev–Trinajstić information content (AvgIpc) is 2.37. The first-order valence-corrected chi connectivity index (χ1v) is 6.69. The fourth-order valence-corrected chi connectivity index (χ4v) is 1.88. The fraction of sp³-hybridized carbons (Fsp3) is 0.533. The Kier molecular flexibility index (Phi) is 6.48. The summed E-state index contributed by atoms with van der Waals surface area (Å²) < 4.78 is 10.5. The third-order valence-corrected chi connectivity index (χ3v) is 2.73. The Morgan fingerprint density at radius 2 is 2.10 bits per heavy atom. The molecule has 1 amide bonds. The van der Waals surface area contributed by atoms with Crippen LogP contribution in [0.1, 0.15) is 19.4 Å². The van der Waals surface area contributed by atoms with Gasteiger partial charge < -0.3 is 20.1 Å². The zero-order valence-corrected chi connectivity index (χ0v) is 12.6. The first kappa shape index (κ1) is 16.5. The van der Waals surface area contributed by atoms with Crippen LogP contribution in [0.5, 0.6) is 5.75 Å². The lowest BCUT2D eigenvalue weighted by Gasteiger charge is -2.21. The quantitative estimate of drug-likeness (QED) is 0.820. The van der Waals surface area contributed by atoms with Crippen molar-refractivity contribution >= 4 is 5.91 Å². The summed E-state index contributed by atoms with van der Waals surface area (Å²) in [5.41, 5.74) is 6.74. The minimum atomic E-state index is -0.625. The van der Waals surface area contributed by atoms with Gasteiger partial charge >= 0.3 is 0 Å². The zero-order valence-electron chi connectivity index (χ0n) is 12.6. The summed E-state index contributed by atoms with van der Waals surface area (Å²) in [6.07, 6.45) is 0.125. The van der Waals surface area contributed by atoms with E-state index in [4.69, 9.17) is 15.2 Å². The lowest BCUT2D eigenvalue weighted by Crippen LogP contribution is -2.44. The van der Waals surface area contributed by atoms with Gasteiger partial charge in [-0.2, -0.15) is 0 Å². The molecule has 5 nitrogen and oxygen atoms in total. The highest BCUT2D eigenvalue weighted by atomic mass is 16.5. The number of benzene rings is 1. The van der Waals surface area contributed by atoms with E-state index in [0.29, 0.717) is 6.54 Å². The summed E-state index contributed by atoms with van der Waals surface area (Å²) in [5, 5.41) is 0. The number of rotatable bonds is 7. The lowest BCUT2D eigenvalue weighted by molar-refractivity contribution is -0.132. The van der Waals surface area contributed by atoms with E-state index in [-0.39, 0.29) is 18.6 Å². The number of nitrogens with two attached hydrogens (primary N) is 1. The molecule has 1 unspecified atom stereocenters. The number of amides is 1. The third-order valence-electron chi connectivity index (χ3n) is 2.73. The summed E-state index contributed by atoms with van der Waals surface area (Å²) >= 11 is 0. The first-order chi connectivity index (χ1) is 9.43. The third kappa shape index (κ3) is 5.19. The van der Waals surface area contributed by atoms with Crippen LogP contribution in [0.4, 0.5) is 0 Å². The van der Waals surface area contributed by atoms with E-state index in [2.05, 4.69) is 0 Å². The fourth-order valence-electron chi connectivity index (χ4n) is 1.88. The van der Waals surface area contributed by atoms with E-state index in [1.54, 1.807) is 11.9 Å². The van der Waals surface area contributed by atoms with E-state index >= 15 is 0 Å². The van der Waals surface area contributed by atoms with Gasteiger partial charge in [-0.05, 0) is 31.5 Å². The highest BCUT2D eigenvalue weighted by Crippen LogP contribution is 2.16. The zero-order chi connectivity index (χ0) is 15.1. The second-order valence-corrected chi connectivity index (χ2v) is 5.07. The van der Waals surface area contributed by atoms with Crippen molar-refractivity contribution in [2.45, 2.75) is 32.5 Å². The molecule has 0 saturated heterocycles. The predicted molar refractivity (Wildman–Crippen MR) is 78.5 cm³/mol. The average molecular weight is 280 g/mol. The van der Waals surface area contributed by atoms with Crippen molar-refractivity contribution < 1.29 is 14.3 Å². The molecule has 1 rings (SSSR count). The van der Waals surface area contributed by atoms with Crippen molar-refractivity contribution in [3.63, 3.8) is 0 Å². The maximum absolute atomic E-state index is 12.0.